The molecule has 0 bridgehead atoms. The second-order valence-electron chi connectivity index (χ2n) is 3.44. The Morgan fingerprint density at radius 3 is 2.86 bits per heavy atom. The molecule has 1 fully saturated rings. The molecule has 1 aliphatic rings. The van der Waals surface area contributed by atoms with Gasteiger partial charge >= 0.3 is 0 Å². The molecule has 6 heteroatoms. The van der Waals surface area contributed by atoms with Crippen LogP contribution in [0.5, 0.6) is 0 Å². The van der Waals surface area contributed by atoms with E-state index in [1.807, 2.05) is 7.05 Å². The van der Waals surface area contributed by atoms with Gasteiger partial charge in [0.05, 0.1) is 6.54 Å². The highest BCUT2D eigenvalue weighted by Gasteiger charge is 2.31. The molecule has 1 aliphatic heterocycles. The van der Waals surface area contributed by atoms with Crippen LogP contribution in [-0.4, -0.2) is 49.7 Å². The van der Waals surface area contributed by atoms with Crippen molar-refractivity contribution in [3.8, 4) is 0 Å². The van der Waals surface area contributed by atoms with E-state index in [0.29, 0.717) is 19.5 Å². The van der Waals surface area contributed by atoms with Crippen LogP contribution in [0.2, 0.25) is 0 Å². The molecule has 1 saturated heterocycles. The van der Waals surface area contributed by atoms with Gasteiger partial charge in [0, 0.05) is 19.1 Å². The van der Waals surface area contributed by atoms with Crippen LogP contribution in [0, 0.1) is 0 Å². The third kappa shape index (κ3) is 3.77. The largest absolute Gasteiger partial charge is 0.369 e. The molecule has 0 aromatic rings. The normalized spacial score (nSPS) is 27.3. The lowest BCUT2D eigenvalue weighted by atomic mass is 10.2. The number of primary amides is 1. The second kappa shape index (κ2) is 6.16. The summed E-state index contributed by atoms with van der Waals surface area (Å²) in [4.78, 5) is 12.4. The number of likely N-dealkylation sites (tertiary alicyclic amines) is 1. The quantitative estimate of drug-likeness (QED) is 0.680. The number of carbonyl (C=O) groups excluding carboxylic acids is 1. The van der Waals surface area contributed by atoms with Gasteiger partial charge in [0.1, 0.15) is 6.17 Å². The van der Waals surface area contributed by atoms with Crippen LogP contribution in [0.4, 0.5) is 4.39 Å². The topological polar surface area (TPSA) is 58.4 Å². The lowest BCUT2D eigenvalue weighted by Crippen LogP contribution is -2.41. The minimum Gasteiger partial charge on any atom is -0.369 e. The van der Waals surface area contributed by atoms with Gasteiger partial charge in [0.2, 0.25) is 5.91 Å². The van der Waals surface area contributed by atoms with Crippen molar-refractivity contribution in [3.63, 3.8) is 0 Å². The number of nitrogens with zero attached hydrogens (tertiary/aromatic N) is 1. The van der Waals surface area contributed by atoms with E-state index in [1.165, 1.54) is 0 Å². The van der Waals surface area contributed by atoms with E-state index < -0.39 is 12.1 Å². The highest BCUT2D eigenvalue weighted by molar-refractivity contribution is 5.85. The van der Waals surface area contributed by atoms with Crippen molar-refractivity contribution >= 4 is 18.3 Å². The van der Waals surface area contributed by atoms with Gasteiger partial charge in [-0.1, -0.05) is 0 Å². The number of halogens is 2. The van der Waals surface area contributed by atoms with E-state index in [4.69, 9.17) is 5.73 Å². The molecule has 1 amide bonds. The maximum absolute atomic E-state index is 13.0. The molecule has 14 heavy (non-hydrogen) atoms. The maximum Gasteiger partial charge on any atom is 0.231 e. The molecule has 0 aliphatic carbocycles. The lowest BCUT2D eigenvalue weighted by Gasteiger charge is -2.21. The zero-order chi connectivity index (χ0) is 9.84. The van der Waals surface area contributed by atoms with Crippen molar-refractivity contribution in [1.82, 2.24) is 10.2 Å². The van der Waals surface area contributed by atoms with Crippen molar-refractivity contribution in [2.45, 2.75) is 18.6 Å². The molecular weight excluding hydrogens is 209 g/mol. The summed E-state index contributed by atoms with van der Waals surface area (Å²) < 4.78 is 13.0. The molecule has 1 heterocycles. The van der Waals surface area contributed by atoms with Crippen LogP contribution in [0.3, 0.4) is 0 Å². The second-order valence-corrected chi connectivity index (χ2v) is 3.44. The van der Waals surface area contributed by atoms with E-state index >= 15 is 0 Å². The Morgan fingerprint density at radius 2 is 2.36 bits per heavy atom. The van der Waals surface area contributed by atoms with Crippen molar-refractivity contribution in [2.75, 3.05) is 26.7 Å². The fourth-order valence-corrected chi connectivity index (χ4v) is 1.76. The smallest absolute Gasteiger partial charge is 0.231 e. The summed E-state index contributed by atoms with van der Waals surface area (Å²) in [5.41, 5.74) is 5.05. The molecule has 3 N–H and O–H groups in total. The maximum atomic E-state index is 13.0. The summed E-state index contributed by atoms with van der Waals surface area (Å²) in [5.74, 6) is -0.393. The monoisotopic (exact) mass is 225 g/mol. The average molecular weight is 226 g/mol. The van der Waals surface area contributed by atoms with Gasteiger partial charge in [-0.3, -0.25) is 9.69 Å². The fourth-order valence-electron chi connectivity index (χ4n) is 1.76. The molecule has 0 spiro atoms. The Kier molecular flexibility index (Phi) is 5.99. The molecule has 0 saturated carbocycles. The number of hydrogen-bond donors (Lipinski definition) is 2. The van der Waals surface area contributed by atoms with E-state index in [-0.39, 0.29) is 25.0 Å². The molecule has 2 atom stereocenters. The third-order valence-corrected chi connectivity index (χ3v) is 2.28. The van der Waals surface area contributed by atoms with E-state index in [1.54, 1.807) is 4.90 Å². The number of nitrogens with two attached hydrogens (primary N) is 1. The van der Waals surface area contributed by atoms with Gasteiger partial charge in [-0.2, -0.15) is 0 Å². The van der Waals surface area contributed by atoms with Gasteiger partial charge in [-0.15, -0.1) is 12.4 Å². The Hall–Kier alpha value is -0.390. The number of amides is 1. The van der Waals surface area contributed by atoms with E-state index in [0.717, 1.165) is 0 Å². The van der Waals surface area contributed by atoms with Crippen molar-refractivity contribution in [1.29, 1.82) is 0 Å². The lowest BCUT2D eigenvalue weighted by molar-refractivity contribution is -0.119. The molecule has 0 radical (unpaired) electrons. The Labute approximate surface area is 89.4 Å². The Bertz CT molecular complexity index is 193. The molecule has 0 aromatic heterocycles. The number of nitrogens with one attached hydrogen (secondary N) is 1. The van der Waals surface area contributed by atoms with Crippen molar-refractivity contribution in [2.24, 2.45) is 5.73 Å². The van der Waals surface area contributed by atoms with E-state index in [2.05, 4.69) is 5.32 Å². The highest BCUT2D eigenvalue weighted by atomic mass is 35.5. The number of carbonyl (C=O) groups is 1. The van der Waals surface area contributed by atoms with Gasteiger partial charge < -0.3 is 11.1 Å². The van der Waals surface area contributed by atoms with Gasteiger partial charge in [-0.05, 0) is 13.5 Å². The zero-order valence-corrected chi connectivity index (χ0v) is 9.02. The summed E-state index contributed by atoms with van der Waals surface area (Å²) in [6.45, 7) is 1.19. The van der Waals surface area contributed by atoms with Crippen LogP contribution in [0.25, 0.3) is 0 Å². The third-order valence-electron chi connectivity index (χ3n) is 2.28. The van der Waals surface area contributed by atoms with Crippen LogP contribution in [0.15, 0.2) is 0 Å². The average Bonchev–Trinajstić information content (AvgIpc) is 2.31. The highest BCUT2D eigenvalue weighted by Crippen LogP contribution is 2.18. The summed E-state index contributed by atoms with van der Waals surface area (Å²) in [7, 11) is 1.81. The van der Waals surface area contributed by atoms with Crippen LogP contribution in [-0.2, 0) is 4.79 Å². The number of alkyl halides is 1. The van der Waals surface area contributed by atoms with Crippen LogP contribution >= 0.6 is 12.4 Å². The minimum absolute atomic E-state index is 0. The van der Waals surface area contributed by atoms with Crippen LogP contribution in [0.1, 0.15) is 6.42 Å². The molecular formula is C8H17ClFN3O. The Morgan fingerprint density at radius 1 is 1.71 bits per heavy atom. The predicted octanol–water partition coefficient (Wildman–Crippen LogP) is -0.475. The van der Waals surface area contributed by atoms with E-state index in [9.17, 15) is 9.18 Å². The van der Waals surface area contributed by atoms with Gasteiger partial charge in [0.15, 0.2) is 0 Å². The summed E-state index contributed by atoms with van der Waals surface area (Å²) >= 11 is 0. The first-order valence-corrected chi connectivity index (χ1v) is 4.44. The van der Waals surface area contributed by atoms with Gasteiger partial charge in [0.25, 0.3) is 0 Å². The van der Waals surface area contributed by atoms with Crippen molar-refractivity contribution < 1.29 is 9.18 Å². The first-order valence-electron chi connectivity index (χ1n) is 4.44. The summed E-state index contributed by atoms with van der Waals surface area (Å²) in [5, 5.41) is 2.97. The number of hydrogen-bond acceptors (Lipinski definition) is 3. The molecule has 84 valence electrons. The SMILES string of the molecule is CNCC1CC(F)CN1CC(N)=O.Cl. The predicted molar refractivity (Wildman–Crippen MR) is 55.2 cm³/mol. The molecule has 4 nitrogen and oxygen atoms in total. The van der Waals surface area contributed by atoms with Crippen molar-refractivity contribution in [3.05, 3.63) is 0 Å². The van der Waals surface area contributed by atoms with Gasteiger partial charge in [-0.25, -0.2) is 4.39 Å². The Balaban J connectivity index is 0.00000169. The standard InChI is InChI=1S/C8H16FN3O.ClH/c1-11-3-7-2-6(9)4-12(7)5-8(10)13;/h6-7,11H,2-5H2,1H3,(H2,10,13);1H. The fraction of sp³-hybridized carbons (Fsp3) is 0.875. The summed E-state index contributed by atoms with van der Waals surface area (Å²) in [6, 6.07) is 0.104. The van der Waals surface area contributed by atoms with Crippen LogP contribution < -0.4 is 11.1 Å². The number of rotatable bonds is 4. The molecule has 2 unspecified atom stereocenters. The number of likely N-dealkylation sites (N-methyl/N-ethyl adjacent to an activating group) is 1. The zero-order valence-electron chi connectivity index (χ0n) is 8.20. The minimum atomic E-state index is -0.822. The molecule has 0 aromatic carbocycles. The first-order chi connectivity index (χ1) is 6.13. The summed E-state index contributed by atoms with van der Waals surface area (Å²) in [6.07, 6.45) is -0.327. The molecule has 1 rings (SSSR count). The first kappa shape index (κ1) is 13.6.